The van der Waals surface area contributed by atoms with Gasteiger partial charge in [0.15, 0.2) is 0 Å². The highest BCUT2D eigenvalue weighted by atomic mass is 35.5. The molecule has 0 bridgehead atoms. The normalized spacial score (nSPS) is 9.64. The average molecular weight is 190 g/mol. The van der Waals surface area contributed by atoms with Gasteiger partial charge >= 0.3 is 0 Å². The van der Waals surface area contributed by atoms with Crippen LogP contribution in [0, 0.1) is 5.82 Å². The van der Waals surface area contributed by atoms with Gasteiger partial charge in [-0.05, 0) is 23.8 Å². The van der Waals surface area contributed by atoms with Gasteiger partial charge in [0.25, 0.3) is 0 Å². The van der Waals surface area contributed by atoms with E-state index in [1.54, 1.807) is 0 Å². The Balaban J connectivity index is 3.01. The number of halogens is 2. The van der Waals surface area contributed by atoms with E-state index in [-0.39, 0.29) is 12.4 Å². The van der Waals surface area contributed by atoms with Gasteiger partial charge in [-0.3, -0.25) is 0 Å². The van der Waals surface area contributed by atoms with Crippen LogP contribution in [0.25, 0.3) is 0 Å². The van der Waals surface area contributed by atoms with Gasteiger partial charge in [-0.25, -0.2) is 8.75 Å². The zero-order chi connectivity index (χ0) is 8.27. The number of nitrogens with zero attached hydrogens (tertiary/aromatic N) is 1. The van der Waals surface area contributed by atoms with E-state index in [0.29, 0.717) is 10.6 Å². The van der Waals surface area contributed by atoms with Crippen molar-refractivity contribution in [2.75, 3.05) is 0 Å². The minimum Gasteiger partial charge on any atom is -0.215 e. The number of hydrogen-bond acceptors (Lipinski definition) is 2. The van der Waals surface area contributed by atoms with Crippen molar-refractivity contribution in [2.45, 2.75) is 6.54 Å². The van der Waals surface area contributed by atoms with Crippen LogP contribution in [0.1, 0.15) is 5.56 Å². The van der Waals surface area contributed by atoms with E-state index in [9.17, 15) is 4.39 Å². The van der Waals surface area contributed by atoms with Crippen LogP contribution in [-0.4, -0.2) is 0 Å². The van der Waals surface area contributed by atoms with Crippen LogP contribution in [-0.2, 0) is 19.0 Å². The van der Waals surface area contributed by atoms with Crippen LogP contribution in [0.4, 0.5) is 4.39 Å². The van der Waals surface area contributed by atoms with Crippen molar-refractivity contribution in [3.8, 4) is 0 Å². The molecule has 11 heavy (non-hydrogen) atoms. The predicted octanol–water partition coefficient (Wildman–Crippen LogP) is 2.71. The second kappa shape index (κ2) is 3.74. The second-order valence-electron chi connectivity index (χ2n) is 2.02. The highest BCUT2D eigenvalue weighted by molar-refractivity contribution is 7.47. The van der Waals surface area contributed by atoms with Crippen molar-refractivity contribution in [3.63, 3.8) is 0 Å². The zero-order valence-electron chi connectivity index (χ0n) is 5.55. The Labute approximate surface area is 74.4 Å². The van der Waals surface area contributed by atoms with Crippen molar-refractivity contribution in [1.82, 2.24) is 0 Å². The van der Waals surface area contributed by atoms with Crippen LogP contribution in [0.3, 0.4) is 0 Å². The minimum atomic E-state index is -0.317. The third-order valence-electron chi connectivity index (χ3n) is 1.24. The molecule has 1 aromatic carbocycles. The Morgan fingerprint density at radius 1 is 1.55 bits per heavy atom. The van der Waals surface area contributed by atoms with E-state index < -0.39 is 0 Å². The maximum Gasteiger partial charge on any atom is 0.123 e. The minimum absolute atomic E-state index is 0.284. The molecule has 0 spiro atoms. The molecular weight excluding hydrogens is 185 g/mol. The van der Waals surface area contributed by atoms with Crippen molar-refractivity contribution < 1.29 is 4.39 Å². The Bertz CT molecular complexity index is 277. The molecule has 0 fully saturated rings. The fourth-order valence-electron chi connectivity index (χ4n) is 0.734. The first kappa shape index (κ1) is 8.56. The van der Waals surface area contributed by atoms with Crippen molar-refractivity contribution in [2.24, 2.45) is 4.36 Å². The number of rotatable bonds is 2. The first-order valence-corrected chi connectivity index (χ1v) is 3.71. The number of benzene rings is 1. The molecule has 0 aliphatic heterocycles. The van der Waals surface area contributed by atoms with Gasteiger partial charge in [-0.1, -0.05) is 11.6 Å². The molecule has 0 atom stereocenters. The third kappa shape index (κ3) is 2.20. The zero-order valence-corrected chi connectivity index (χ0v) is 7.12. The summed E-state index contributed by atoms with van der Waals surface area (Å²) in [5.74, 6) is -0.317. The molecular formula is C7H5ClFNS. The summed E-state index contributed by atoms with van der Waals surface area (Å²) in [5, 5.41) is 0.500. The molecule has 0 saturated heterocycles. The van der Waals surface area contributed by atoms with Gasteiger partial charge in [-0.2, -0.15) is 0 Å². The van der Waals surface area contributed by atoms with Gasteiger partial charge < -0.3 is 0 Å². The van der Waals surface area contributed by atoms with Crippen molar-refractivity contribution in [1.29, 1.82) is 0 Å². The Kier molecular flexibility index (Phi) is 2.91. The maximum absolute atomic E-state index is 12.5. The molecule has 0 saturated carbocycles. The topological polar surface area (TPSA) is 12.4 Å². The smallest absolute Gasteiger partial charge is 0.123 e. The van der Waals surface area contributed by atoms with Gasteiger partial charge in [0.1, 0.15) is 5.82 Å². The third-order valence-corrected chi connectivity index (χ3v) is 1.74. The largest absolute Gasteiger partial charge is 0.215 e. The van der Waals surface area contributed by atoms with Gasteiger partial charge in [-0.15, -0.1) is 0 Å². The van der Waals surface area contributed by atoms with Crippen molar-refractivity contribution in [3.05, 3.63) is 34.6 Å². The molecule has 0 radical (unpaired) electrons. The summed E-state index contributed by atoms with van der Waals surface area (Å²) in [6, 6.07) is 4.13. The van der Waals surface area contributed by atoms with E-state index in [0.717, 1.165) is 0 Å². The van der Waals surface area contributed by atoms with Gasteiger partial charge in [0.2, 0.25) is 0 Å². The Morgan fingerprint density at radius 3 is 2.91 bits per heavy atom. The van der Waals surface area contributed by atoms with Crippen LogP contribution >= 0.6 is 11.6 Å². The summed E-state index contributed by atoms with van der Waals surface area (Å²) in [7, 11) is 0. The van der Waals surface area contributed by atoms with Crippen LogP contribution in [0.15, 0.2) is 22.6 Å². The lowest BCUT2D eigenvalue weighted by molar-refractivity contribution is 0.625. The lowest BCUT2D eigenvalue weighted by Gasteiger charge is -1.98. The summed E-state index contributed by atoms with van der Waals surface area (Å²) in [6.07, 6.45) is 0. The fraction of sp³-hybridized carbons (Fsp3) is 0.143. The molecule has 0 aromatic heterocycles. The molecule has 1 nitrogen and oxygen atoms in total. The molecule has 58 valence electrons. The predicted molar refractivity (Wildman–Crippen MR) is 44.9 cm³/mol. The molecule has 0 aliphatic carbocycles. The highest BCUT2D eigenvalue weighted by Gasteiger charge is 1.99. The Hall–Kier alpha value is -0.540. The van der Waals surface area contributed by atoms with E-state index >= 15 is 0 Å². The molecule has 0 unspecified atom stereocenters. The fourth-order valence-corrected chi connectivity index (χ4v) is 1.05. The highest BCUT2D eigenvalue weighted by Crippen LogP contribution is 2.17. The molecule has 0 aliphatic rings. The summed E-state index contributed by atoms with van der Waals surface area (Å²) < 4.78 is 16.0. The molecule has 0 N–H and O–H groups in total. The average Bonchev–Trinajstić information content (AvgIpc) is 1.98. The molecule has 1 aromatic rings. The van der Waals surface area contributed by atoms with E-state index in [4.69, 9.17) is 11.6 Å². The van der Waals surface area contributed by atoms with Crippen LogP contribution in [0.2, 0.25) is 5.02 Å². The first-order valence-electron chi connectivity index (χ1n) is 2.97. The summed E-state index contributed by atoms with van der Waals surface area (Å²) >= 11 is 10.1. The maximum atomic E-state index is 12.5. The van der Waals surface area contributed by atoms with Crippen molar-refractivity contribution >= 4 is 24.0 Å². The van der Waals surface area contributed by atoms with E-state index in [1.165, 1.54) is 18.2 Å². The van der Waals surface area contributed by atoms with Gasteiger partial charge in [0.05, 0.1) is 6.54 Å². The monoisotopic (exact) mass is 189 g/mol. The standard InChI is InChI=1S/C7H5ClFNS/c8-7-2-1-6(9)3-5(7)4-10-11/h1-3H,4H2. The summed E-state index contributed by atoms with van der Waals surface area (Å²) in [5.41, 5.74) is 0.627. The molecule has 0 amide bonds. The molecule has 4 heteroatoms. The second-order valence-corrected chi connectivity index (χ2v) is 2.69. The van der Waals surface area contributed by atoms with Gasteiger partial charge in [0, 0.05) is 17.4 Å². The SMILES string of the molecule is Fc1ccc(Cl)c(CN=S)c1. The summed E-state index contributed by atoms with van der Waals surface area (Å²) in [6.45, 7) is 0.284. The lowest BCUT2D eigenvalue weighted by atomic mass is 10.2. The number of hydrogen-bond donors (Lipinski definition) is 0. The van der Waals surface area contributed by atoms with Crippen LogP contribution in [0.5, 0.6) is 0 Å². The molecule has 1 rings (SSSR count). The quantitative estimate of drug-likeness (QED) is 0.697. The molecule has 0 heterocycles. The first-order chi connectivity index (χ1) is 5.24. The van der Waals surface area contributed by atoms with E-state index in [2.05, 4.69) is 16.8 Å². The summed E-state index contributed by atoms with van der Waals surface area (Å²) in [4.78, 5) is 0. The lowest BCUT2D eigenvalue weighted by Crippen LogP contribution is -1.84. The van der Waals surface area contributed by atoms with E-state index in [1.807, 2.05) is 0 Å². The Morgan fingerprint density at radius 2 is 2.27 bits per heavy atom. The van der Waals surface area contributed by atoms with Crippen LogP contribution < -0.4 is 0 Å².